The molecule has 4 N–H and O–H groups in total. The summed E-state index contributed by atoms with van der Waals surface area (Å²) in [5.41, 5.74) is 4.78. The van der Waals surface area contributed by atoms with Gasteiger partial charge in [-0.2, -0.15) is 5.10 Å². The molecule has 4 rings (SSSR count). The molecule has 0 saturated carbocycles. The lowest BCUT2D eigenvalue weighted by atomic mass is 9.95. The summed E-state index contributed by atoms with van der Waals surface area (Å²) >= 11 is 3.41. The molecular formula is C28H29BrN4O7. The highest BCUT2D eigenvalue weighted by atomic mass is 79.9. The number of benzene rings is 2. The molecule has 0 bridgehead atoms. The van der Waals surface area contributed by atoms with Gasteiger partial charge in [0, 0.05) is 15.7 Å². The van der Waals surface area contributed by atoms with E-state index in [1.807, 2.05) is 37.3 Å². The van der Waals surface area contributed by atoms with Crippen LogP contribution in [-0.4, -0.2) is 49.9 Å². The Hall–Kier alpha value is -4.29. The number of nitrogens with zero attached hydrogens (tertiary/aromatic N) is 1. The highest BCUT2D eigenvalue weighted by molar-refractivity contribution is 9.10. The van der Waals surface area contributed by atoms with Gasteiger partial charge < -0.3 is 34.4 Å². The van der Waals surface area contributed by atoms with Crippen LogP contribution < -0.4 is 25.5 Å². The number of methoxy groups -OCH3 is 1. The van der Waals surface area contributed by atoms with Crippen molar-refractivity contribution in [3.63, 3.8) is 0 Å². The summed E-state index contributed by atoms with van der Waals surface area (Å²) < 4.78 is 23.1. The average molecular weight is 613 g/mol. The second kappa shape index (κ2) is 13.2. The predicted molar refractivity (Wildman–Crippen MR) is 151 cm³/mol. The monoisotopic (exact) mass is 612 g/mol. The van der Waals surface area contributed by atoms with E-state index in [-0.39, 0.29) is 12.2 Å². The second-order valence-electron chi connectivity index (χ2n) is 8.62. The number of furan rings is 1. The van der Waals surface area contributed by atoms with E-state index in [2.05, 4.69) is 37.1 Å². The number of hydrazone groups is 1. The Morgan fingerprint density at radius 2 is 1.95 bits per heavy atom. The minimum atomic E-state index is -1.13. The number of urea groups is 1. The van der Waals surface area contributed by atoms with Crippen molar-refractivity contribution < 1.29 is 33.3 Å². The van der Waals surface area contributed by atoms with E-state index < -0.39 is 24.3 Å². The number of allylic oxidation sites excluding steroid dienone is 1. The Balaban J connectivity index is 1.39. The number of aliphatic hydroxyl groups is 1. The first-order valence-corrected chi connectivity index (χ1v) is 13.2. The number of ether oxygens (including phenoxy) is 3. The smallest absolute Gasteiger partial charge is 0.337 e. The van der Waals surface area contributed by atoms with Crippen molar-refractivity contribution in [2.45, 2.75) is 26.1 Å². The van der Waals surface area contributed by atoms with Crippen LogP contribution in [0.4, 0.5) is 4.79 Å². The number of hydrogen-bond donors (Lipinski definition) is 4. The fourth-order valence-corrected chi connectivity index (χ4v) is 4.26. The van der Waals surface area contributed by atoms with Gasteiger partial charge in [-0.1, -0.05) is 34.1 Å². The number of rotatable bonds is 11. The first-order valence-electron chi connectivity index (χ1n) is 12.4. The summed E-state index contributed by atoms with van der Waals surface area (Å²) in [7, 11) is 1.28. The van der Waals surface area contributed by atoms with E-state index in [0.29, 0.717) is 40.9 Å². The van der Waals surface area contributed by atoms with Gasteiger partial charge in [-0.3, -0.25) is 5.43 Å². The minimum Gasteiger partial charge on any atom is -0.490 e. The Labute approximate surface area is 239 Å². The van der Waals surface area contributed by atoms with Crippen molar-refractivity contribution >= 4 is 34.1 Å². The molecule has 1 aliphatic heterocycles. The maximum atomic E-state index is 12.4. The zero-order chi connectivity index (χ0) is 28.6. The van der Waals surface area contributed by atoms with Crippen molar-refractivity contribution in [3.8, 4) is 22.8 Å². The summed E-state index contributed by atoms with van der Waals surface area (Å²) in [6.45, 7) is 3.64. The summed E-state index contributed by atoms with van der Waals surface area (Å²) in [4.78, 5) is 24.5. The van der Waals surface area contributed by atoms with E-state index in [9.17, 15) is 14.7 Å². The van der Waals surface area contributed by atoms with Gasteiger partial charge in [0.05, 0.1) is 31.5 Å². The zero-order valence-corrected chi connectivity index (χ0v) is 23.7. The largest absolute Gasteiger partial charge is 0.490 e. The lowest BCUT2D eigenvalue weighted by molar-refractivity contribution is -0.136. The van der Waals surface area contributed by atoms with E-state index in [4.69, 9.17) is 18.6 Å². The molecule has 0 radical (unpaired) electrons. The van der Waals surface area contributed by atoms with Crippen molar-refractivity contribution in [1.29, 1.82) is 0 Å². The Morgan fingerprint density at radius 3 is 2.67 bits per heavy atom. The molecule has 0 unspecified atom stereocenters. The lowest BCUT2D eigenvalue weighted by Crippen LogP contribution is -2.45. The number of aliphatic hydroxyl groups excluding tert-OH is 1. The van der Waals surface area contributed by atoms with Gasteiger partial charge in [0.15, 0.2) is 17.7 Å². The van der Waals surface area contributed by atoms with Crippen LogP contribution in [-0.2, 0) is 9.53 Å². The molecule has 0 fully saturated rings. The van der Waals surface area contributed by atoms with Gasteiger partial charge in [0.2, 0.25) is 0 Å². The molecule has 2 amide bonds. The molecule has 0 spiro atoms. The quantitative estimate of drug-likeness (QED) is 0.109. The van der Waals surface area contributed by atoms with Crippen LogP contribution >= 0.6 is 15.9 Å². The van der Waals surface area contributed by atoms with E-state index >= 15 is 0 Å². The molecule has 0 saturated heterocycles. The minimum absolute atomic E-state index is 0.143. The molecule has 0 aliphatic carbocycles. The molecular weight excluding hydrogens is 584 g/mol. The molecule has 12 heteroatoms. The maximum Gasteiger partial charge on any atom is 0.337 e. The molecule has 1 aromatic heterocycles. The number of carbonyl (C=O) groups excluding carboxylic acids is 2. The molecule has 210 valence electrons. The molecule has 2 aromatic carbocycles. The molecule has 2 atom stereocenters. The zero-order valence-electron chi connectivity index (χ0n) is 22.1. The van der Waals surface area contributed by atoms with Crippen LogP contribution in [0.15, 0.2) is 79.9 Å². The van der Waals surface area contributed by atoms with Crippen LogP contribution in [0.3, 0.4) is 0 Å². The first-order chi connectivity index (χ1) is 19.3. The standard InChI is InChI=1S/C28H29BrN4O7/c1-4-38-23-13-18(26-25(27(35)37-3)16(2)31-28(36)32-26)7-11-22(23)39-15-24(34)33-30-14-20-10-12-21(40-20)17-5-8-19(29)9-6-17/h5-14,24,26,33-34H,4,15H2,1-3H3,(H2,31,32,36)/b30-14+/t24-,26-/m1/s1. The van der Waals surface area contributed by atoms with E-state index in [1.54, 1.807) is 31.2 Å². The summed E-state index contributed by atoms with van der Waals surface area (Å²) in [6.07, 6.45) is 0.319. The van der Waals surface area contributed by atoms with Gasteiger partial charge in [-0.25, -0.2) is 9.59 Å². The van der Waals surface area contributed by atoms with Gasteiger partial charge in [0.25, 0.3) is 0 Å². The number of carbonyl (C=O) groups is 2. The van der Waals surface area contributed by atoms with Gasteiger partial charge in [-0.05, 0) is 55.8 Å². The van der Waals surface area contributed by atoms with Crippen LogP contribution in [0.1, 0.15) is 31.2 Å². The Morgan fingerprint density at radius 1 is 1.18 bits per heavy atom. The van der Waals surface area contributed by atoms with Crippen molar-refractivity contribution in [1.82, 2.24) is 16.1 Å². The van der Waals surface area contributed by atoms with Crippen LogP contribution in [0.5, 0.6) is 11.5 Å². The Bertz CT molecular complexity index is 1420. The first kappa shape index (κ1) is 28.7. The van der Waals surface area contributed by atoms with E-state index in [0.717, 1.165) is 10.0 Å². The topological polar surface area (TPSA) is 144 Å². The van der Waals surface area contributed by atoms with Gasteiger partial charge in [0.1, 0.15) is 18.1 Å². The van der Waals surface area contributed by atoms with Crippen LogP contribution in [0.25, 0.3) is 11.3 Å². The van der Waals surface area contributed by atoms with E-state index in [1.165, 1.54) is 13.3 Å². The second-order valence-corrected chi connectivity index (χ2v) is 9.54. The van der Waals surface area contributed by atoms with Crippen molar-refractivity contribution in [2.75, 3.05) is 20.3 Å². The summed E-state index contributed by atoms with van der Waals surface area (Å²) in [5.74, 6) is 1.37. The summed E-state index contributed by atoms with van der Waals surface area (Å²) in [6, 6.07) is 15.2. The fraction of sp³-hybridized carbons (Fsp3) is 0.250. The molecule has 2 heterocycles. The average Bonchev–Trinajstić information content (AvgIpc) is 3.41. The number of esters is 1. The maximum absolute atomic E-state index is 12.4. The highest BCUT2D eigenvalue weighted by Crippen LogP contribution is 2.35. The SMILES string of the molecule is CCOc1cc([C@H]2NC(=O)NC(C)=C2C(=O)OC)ccc1OC[C@@H](O)N/N=C/c1ccc(-c2ccc(Br)cc2)o1. The third-order valence-electron chi connectivity index (χ3n) is 5.84. The van der Waals surface area contributed by atoms with Gasteiger partial charge >= 0.3 is 12.0 Å². The Kier molecular flexibility index (Phi) is 9.46. The van der Waals surface area contributed by atoms with Crippen molar-refractivity contribution in [3.05, 3.63) is 81.7 Å². The van der Waals surface area contributed by atoms with Crippen LogP contribution in [0, 0.1) is 0 Å². The fourth-order valence-electron chi connectivity index (χ4n) is 4.00. The number of nitrogens with one attached hydrogen (secondary N) is 3. The molecule has 3 aromatic rings. The number of halogens is 1. The molecule has 11 nitrogen and oxygen atoms in total. The number of hydrogen-bond acceptors (Lipinski definition) is 9. The van der Waals surface area contributed by atoms with Crippen LogP contribution in [0.2, 0.25) is 0 Å². The normalized spacial score (nSPS) is 15.8. The van der Waals surface area contributed by atoms with Crippen molar-refractivity contribution in [2.24, 2.45) is 5.10 Å². The van der Waals surface area contributed by atoms with Gasteiger partial charge in [-0.15, -0.1) is 0 Å². The lowest BCUT2D eigenvalue weighted by Gasteiger charge is -2.28. The third kappa shape index (κ3) is 7.01. The molecule has 40 heavy (non-hydrogen) atoms. The molecule has 1 aliphatic rings. The highest BCUT2D eigenvalue weighted by Gasteiger charge is 2.32. The number of amides is 2. The summed E-state index contributed by atoms with van der Waals surface area (Å²) in [5, 5.41) is 19.7. The predicted octanol–water partition coefficient (Wildman–Crippen LogP) is 4.23. The third-order valence-corrected chi connectivity index (χ3v) is 6.37.